The smallest absolute Gasteiger partial charge is 0.410 e. The molecule has 1 aromatic heterocycles. The monoisotopic (exact) mass is 405 g/mol. The molecule has 0 spiro atoms. The van der Waals surface area contributed by atoms with Crippen LogP contribution < -0.4 is 4.74 Å². The Morgan fingerprint density at radius 1 is 1.07 bits per heavy atom. The first-order valence-corrected chi connectivity index (χ1v) is 9.65. The van der Waals surface area contributed by atoms with E-state index in [1.807, 2.05) is 24.3 Å². The SMILES string of the molecule is O=C(O)c1cn[nH]c1OC1CN(C(=O)OCC2c3ccccc3-c3ccccc32)C1. The second kappa shape index (κ2) is 7.22. The number of rotatable bonds is 5. The summed E-state index contributed by atoms with van der Waals surface area (Å²) in [5.74, 6) is -1.01. The number of aromatic amines is 1. The van der Waals surface area contributed by atoms with Crippen molar-refractivity contribution in [1.82, 2.24) is 15.1 Å². The second-order valence-electron chi connectivity index (χ2n) is 7.37. The summed E-state index contributed by atoms with van der Waals surface area (Å²) in [6, 6.07) is 16.4. The fraction of sp³-hybridized carbons (Fsp3) is 0.227. The number of carbonyl (C=O) groups excluding carboxylic acids is 1. The van der Waals surface area contributed by atoms with Gasteiger partial charge in [-0.05, 0) is 22.3 Å². The molecule has 0 unspecified atom stereocenters. The maximum absolute atomic E-state index is 12.5. The fourth-order valence-corrected chi connectivity index (χ4v) is 4.03. The zero-order valence-corrected chi connectivity index (χ0v) is 15.9. The minimum Gasteiger partial charge on any atom is -0.477 e. The Morgan fingerprint density at radius 3 is 2.33 bits per heavy atom. The Morgan fingerprint density at radius 2 is 1.70 bits per heavy atom. The summed E-state index contributed by atoms with van der Waals surface area (Å²) in [4.78, 5) is 25.1. The predicted octanol–water partition coefficient (Wildman–Crippen LogP) is 3.12. The lowest BCUT2D eigenvalue weighted by atomic mass is 9.98. The molecule has 2 heterocycles. The van der Waals surface area contributed by atoms with Gasteiger partial charge >= 0.3 is 12.1 Å². The first-order chi connectivity index (χ1) is 14.6. The second-order valence-corrected chi connectivity index (χ2v) is 7.37. The lowest BCUT2D eigenvalue weighted by Crippen LogP contribution is -2.56. The molecule has 1 amide bonds. The molecule has 2 aliphatic rings. The molecule has 8 heteroatoms. The molecule has 2 N–H and O–H groups in total. The van der Waals surface area contributed by atoms with Gasteiger partial charge in [0.15, 0.2) is 0 Å². The summed E-state index contributed by atoms with van der Waals surface area (Å²) >= 11 is 0. The number of carboxylic acid groups (broad SMARTS) is 1. The number of benzene rings is 2. The van der Waals surface area contributed by atoms with Crippen LogP contribution in [-0.2, 0) is 4.74 Å². The minimum atomic E-state index is -1.12. The van der Waals surface area contributed by atoms with Crippen LogP contribution in [0.2, 0.25) is 0 Å². The third kappa shape index (κ3) is 3.06. The minimum absolute atomic E-state index is 0.0118. The van der Waals surface area contributed by atoms with E-state index < -0.39 is 12.1 Å². The van der Waals surface area contributed by atoms with Crippen molar-refractivity contribution in [2.45, 2.75) is 12.0 Å². The summed E-state index contributed by atoms with van der Waals surface area (Å²) in [6.45, 7) is 0.919. The molecule has 1 saturated heterocycles. The average Bonchev–Trinajstić information content (AvgIpc) is 3.31. The molecule has 0 bridgehead atoms. The van der Waals surface area contributed by atoms with E-state index in [9.17, 15) is 9.59 Å². The summed E-state index contributed by atoms with van der Waals surface area (Å²) < 4.78 is 11.2. The number of hydrogen-bond donors (Lipinski definition) is 2. The summed E-state index contributed by atoms with van der Waals surface area (Å²) in [5.41, 5.74) is 4.66. The van der Waals surface area contributed by atoms with E-state index in [1.165, 1.54) is 22.2 Å². The van der Waals surface area contributed by atoms with Crippen LogP contribution in [0.3, 0.4) is 0 Å². The number of carboxylic acids is 1. The molecule has 0 radical (unpaired) electrons. The van der Waals surface area contributed by atoms with Crippen LogP contribution in [0.25, 0.3) is 11.1 Å². The predicted molar refractivity (Wildman–Crippen MR) is 107 cm³/mol. The Bertz CT molecular complexity index is 1070. The van der Waals surface area contributed by atoms with Crippen molar-refractivity contribution in [3.8, 4) is 17.0 Å². The van der Waals surface area contributed by atoms with E-state index in [0.717, 1.165) is 11.1 Å². The van der Waals surface area contributed by atoms with Crippen LogP contribution in [-0.4, -0.2) is 58.1 Å². The molecule has 152 valence electrons. The molecule has 2 aromatic carbocycles. The van der Waals surface area contributed by atoms with E-state index in [2.05, 4.69) is 34.5 Å². The lowest BCUT2D eigenvalue weighted by molar-refractivity contribution is 0.00775. The van der Waals surface area contributed by atoms with E-state index in [0.29, 0.717) is 13.1 Å². The summed E-state index contributed by atoms with van der Waals surface area (Å²) in [5, 5.41) is 15.3. The molecule has 1 aliphatic heterocycles. The maximum atomic E-state index is 12.5. The van der Waals surface area contributed by atoms with Crippen molar-refractivity contribution >= 4 is 12.1 Å². The Balaban J connectivity index is 1.19. The third-order valence-corrected chi connectivity index (χ3v) is 5.56. The number of hydrogen-bond acceptors (Lipinski definition) is 5. The highest BCUT2D eigenvalue weighted by molar-refractivity contribution is 5.89. The normalized spacial score (nSPS) is 15.3. The zero-order valence-electron chi connectivity index (χ0n) is 15.9. The van der Waals surface area contributed by atoms with Gasteiger partial charge in [0.2, 0.25) is 5.88 Å². The quantitative estimate of drug-likeness (QED) is 0.676. The molecule has 3 aromatic rings. The molecule has 0 atom stereocenters. The number of aromatic nitrogens is 2. The van der Waals surface area contributed by atoms with E-state index in [1.54, 1.807) is 0 Å². The molecule has 8 nitrogen and oxygen atoms in total. The number of likely N-dealkylation sites (tertiary alicyclic amines) is 1. The number of carbonyl (C=O) groups is 2. The van der Waals surface area contributed by atoms with Crippen LogP contribution in [0.4, 0.5) is 4.79 Å². The van der Waals surface area contributed by atoms with Crippen molar-refractivity contribution < 1.29 is 24.2 Å². The Labute approximate surface area is 172 Å². The standard InChI is InChI=1S/C22H19N3O5/c26-21(27)18-9-23-24-20(18)30-13-10-25(11-13)22(28)29-12-19-16-7-3-1-5-14(16)15-6-2-4-8-17(15)19/h1-9,13,19H,10-12H2,(H,23,24)(H,26,27). The van der Waals surface area contributed by atoms with Gasteiger partial charge in [-0.2, -0.15) is 5.10 Å². The first kappa shape index (κ1) is 18.2. The van der Waals surface area contributed by atoms with Gasteiger partial charge in [-0.1, -0.05) is 48.5 Å². The van der Waals surface area contributed by atoms with Crippen molar-refractivity contribution in [3.05, 3.63) is 71.4 Å². The molecular weight excluding hydrogens is 386 g/mol. The van der Waals surface area contributed by atoms with Gasteiger partial charge in [0.25, 0.3) is 0 Å². The van der Waals surface area contributed by atoms with Crippen LogP contribution in [0.15, 0.2) is 54.7 Å². The summed E-state index contributed by atoms with van der Waals surface area (Å²) in [6.07, 6.45) is 0.489. The van der Waals surface area contributed by atoms with Crippen LogP contribution >= 0.6 is 0 Å². The molecule has 1 aliphatic carbocycles. The molecule has 1 fully saturated rings. The van der Waals surface area contributed by atoms with E-state index in [-0.39, 0.29) is 30.1 Å². The van der Waals surface area contributed by atoms with Crippen molar-refractivity contribution in [2.75, 3.05) is 19.7 Å². The highest BCUT2D eigenvalue weighted by Crippen LogP contribution is 2.44. The van der Waals surface area contributed by atoms with Gasteiger partial charge in [-0.3, -0.25) is 0 Å². The molecule has 5 rings (SSSR count). The van der Waals surface area contributed by atoms with E-state index in [4.69, 9.17) is 14.6 Å². The number of fused-ring (bicyclic) bond motifs is 3. The Hall–Kier alpha value is -3.81. The van der Waals surface area contributed by atoms with Gasteiger partial charge in [0.1, 0.15) is 18.3 Å². The van der Waals surface area contributed by atoms with Gasteiger partial charge in [-0.15, -0.1) is 0 Å². The zero-order chi connectivity index (χ0) is 20.7. The number of H-pyrrole nitrogens is 1. The van der Waals surface area contributed by atoms with Gasteiger partial charge < -0.3 is 19.5 Å². The van der Waals surface area contributed by atoms with Crippen molar-refractivity contribution in [3.63, 3.8) is 0 Å². The van der Waals surface area contributed by atoms with Crippen molar-refractivity contribution in [2.24, 2.45) is 0 Å². The lowest BCUT2D eigenvalue weighted by Gasteiger charge is -2.37. The van der Waals surface area contributed by atoms with Gasteiger partial charge in [-0.25, -0.2) is 14.7 Å². The highest BCUT2D eigenvalue weighted by atomic mass is 16.6. The number of nitrogens with zero attached hydrogens (tertiary/aromatic N) is 2. The highest BCUT2D eigenvalue weighted by Gasteiger charge is 2.36. The molecular formula is C22H19N3O5. The van der Waals surface area contributed by atoms with Gasteiger partial charge in [0.05, 0.1) is 19.3 Å². The van der Waals surface area contributed by atoms with Crippen molar-refractivity contribution in [1.29, 1.82) is 0 Å². The summed E-state index contributed by atoms with van der Waals surface area (Å²) in [7, 11) is 0. The molecule has 0 saturated carbocycles. The van der Waals surface area contributed by atoms with Crippen LogP contribution in [0.5, 0.6) is 5.88 Å². The Kier molecular flexibility index (Phi) is 4.39. The number of nitrogens with one attached hydrogen (secondary N) is 1. The first-order valence-electron chi connectivity index (χ1n) is 9.65. The van der Waals surface area contributed by atoms with Crippen LogP contribution in [0, 0.1) is 0 Å². The van der Waals surface area contributed by atoms with Gasteiger partial charge in [0, 0.05) is 5.92 Å². The maximum Gasteiger partial charge on any atom is 0.410 e. The fourth-order valence-electron chi connectivity index (χ4n) is 4.03. The third-order valence-electron chi connectivity index (χ3n) is 5.56. The number of ether oxygens (including phenoxy) is 2. The topological polar surface area (TPSA) is 105 Å². The average molecular weight is 405 g/mol. The van der Waals surface area contributed by atoms with Crippen LogP contribution in [0.1, 0.15) is 27.4 Å². The number of amides is 1. The number of aromatic carboxylic acids is 1. The molecule has 30 heavy (non-hydrogen) atoms. The largest absolute Gasteiger partial charge is 0.477 e. The van der Waals surface area contributed by atoms with E-state index >= 15 is 0 Å².